The first-order valence-corrected chi connectivity index (χ1v) is 9.44. The van der Waals surface area contributed by atoms with Crippen LogP contribution in [0.15, 0.2) is 48.7 Å². The Kier molecular flexibility index (Phi) is 6.66. The molecule has 1 aromatic heterocycles. The van der Waals surface area contributed by atoms with E-state index in [1.807, 2.05) is 19.1 Å². The molecular weight excluding hydrogens is 380 g/mol. The van der Waals surface area contributed by atoms with Crippen LogP contribution in [0.4, 0.5) is 0 Å². The van der Waals surface area contributed by atoms with Crippen molar-refractivity contribution in [3.8, 4) is 17.4 Å². The van der Waals surface area contributed by atoms with Gasteiger partial charge in [0.1, 0.15) is 11.5 Å². The van der Waals surface area contributed by atoms with Crippen LogP contribution in [-0.4, -0.2) is 28.6 Å². The molecule has 0 N–H and O–H groups in total. The Morgan fingerprint density at radius 1 is 1.11 bits per heavy atom. The number of rotatable bonds is 8. The largest absolute Gasteiger partial charge is 0.491 e. The van der Waals surface area contributed by atoms with Crippen LogP contribution in [0, 0.1) is 0 Å². The van der Waals surface area contributed by atoms with E-state index < -0.39 is 0 Å². The van der Waals surface area contributed by atoms with E-state index in [9.17, 15) is 4.79 Å². The number of carbonyl (C=O) groups excluding carboxylic acids is 1. The van der Waals surface area contributed by atoms with Crippen molar-refractivity contribution in [1.82, 2.24) is 9.97 Å². The summed E-state index contributed by atoms with van der Waals surface area (Å²) in [5, 5.41) is 0.613. The molecule has 0 fully saturated rings. The molecule has 0 radical (unpaired) electrons. The first-order chi connectivity index (χ1) is 13.5. The van der Waals surface area contributed by atoms with Gasteiger partial charge in [0, 0.05) is 11.4 Å². The number of carbonyl (C=O) groups is 1. The maximum atomic E-state index is 11.4. The summed E-state index contributed by atoms with van der Waals surface area (Å²) < 4.78 is 16.5. The third kappa shape index (κ3) is 5.57. The van der Waals surface area contributed by atoms with E-state index in [2.05, 4.69) is 9.97 Å². The normalized spacial score (nSPS) is 11.8. The number of benzene rings is 2. The SMILES string of the molecule is CCOC(=O)CCC(C)Oc1ccc(Oc2cnc3cc(Cl)ccc3n2)cc1. The fraction of sp³-hybridized carbons (Fsp3) is 0.286. The molecule has 0 aliphatic carbocycles. The van der Waals surface area contributed by atoms with E-state index in [1.54, 1.807) is 43.5 Å². The highest BCUT2D eigenvalue weighted by Crippen LogP contribution is 2.25. The van der Waals surface area contributed by atoms with E-state index in [4.69, 9.17) is 25.8 Å². The number of fused-ring (bicyclic) bond motifs is 1. The third-order valence-electron chi connectivity index (χ3n) is 3.93. The molecule has 7 heteroatoms. The smallest absolute Gasteiger partial charge is 0.305 e. The van der Waals surface area contributed by atoms with E-state index in [0.29, 0.717) is 52.9 Å². The molecule has 146 valence electrons. The quantitative estimate of drug-likeness (QED) is 0.485. The van der Waals surface area contributed by atoms with Gasteiger partial charge in [0.05, 0.1) is 29.9 Å². The van der Waals surface area contributed by atoms with Gasteiger partial charge in [-0.15, -0.1) is 0 Å². The Bertz CT molecular complexity index is 947. The van der Waals surface area contributed by atoms with Gasteiger partial charge in [0.2, 0.25) is 5.88 Å². The third-order valence-corrected chi connectivity index (χ3v) is 4.16. The molecule has 28 heavy (non-hydrogen) atoms. The lowest BCUT2D eigenvalue weighted by molar-refractivity contribution is -0.143. The maximum Gasteiger partial charge on any atom is 0.305 e. The summed E-state index contributed by atoms with van der Waals surface area (Å²) in [4.78, 5) is 20.1. The highest BCUT2D eigenvalue weighted by atomic mass is 35.5. The van der Waals surface area contributed by atoms with Crippen molar-refractivity contribution < 1.29 is 19.0 Å². The van der Waals surface area contributed by atoms with Crippen molar-refractivity contribution in [2.45, 2.75) is 32.8 Å². The molecule has 0 aliphatic rings. The molecule has 0 saturated carbocycles. The van der Waals surface area contributed by atoms with Gasteiger partial charge in [-0.25, -0.2) is 9.97 Å². The van der Waals surface area contributed by atoms with Crippen LogP contribution in [-0.2, 0) is 9.53 Å². The minimum atomic E-state index is -0.208. The molecule has 6 nitrogen and oxygen atoms in total. The van der Waals surface area contributed by atoms with Crippen molar-refractivity contribution >= 4 is 28.6 Å². The Morgan fingerprint density at radius 2 is 1.86 bits per heavy atom. The highest BCUT2D eigenvalue weighted by molar-refractivity contribution is 6.31. The number of hydrogen-bond donors (Lipinski definition) is 0. The van der Waals surface area contributed by atoms with Gasteiger partial charge in [0.25, 0.3) is 0 Å². The minimum Gasteiger partial charge on any atom is -0.491 e. The zero-order valence-electron chi connectivity index (χ0n) is 15.7. The summed E-state index contributed by atoms with van der Waals surface area (Å²) in [6.07, 6.45) is 2.38. The van der Waals surface area contributed by atoms with Crippen molar-refractivity contribution in [2.75, 3.05) is 6.61 Å². The Balaban J connectivity index is 1.57. The lowest BCUT2D eigenvalue weighted by Crippen LogP contribution is -2.15. The van der Waals surface area contributed by atoms with Crippen molar-refractivity contribution in [2.24, 2.45) is 0 Å². The molecule has 0 bridgehead atoms. The van der Waals surface area contributed by atoms with Crippen molar-refractivity contribution in [1.29, 1.82) is 0 Å². The van der Waals surface area contributed by atoms with Crippen LogP contribution < -0.4 is 9.47 Å². The fourth-order valence-electron chi connectivity index (χ4n) is 2.57. The molecule has 1 heterocycles. The molecule has 1 atom stereocenters. The monoisotopic (exact) mass is 400 g/mol. The molecule has 2 aromatic carbocycles. The lowest BCUT2D eigenvalue weighted by Gasteiger charge is -2.14. The van der Waals surface area contributed by atoms with Crippen LogP contribution in [0.3, 0.4) is 0 Å². The van der Waals surface area contributed by atoms with Gasteiger partial charge in [-0.2, -0.15) is 0 Å². The summed E-state index contributed by atoms with van der Waals surface area (Å²) in [6.45, 7) is 4.10. The number of hydrogen-bond acceptors (Lipinski definition) is 6. The van der Waals surface area contributed by atoms with Crippen LogP contribution >= 0.6 is 11.6 Å². The van der Waals surface area contributed by atoms with E-state index in [0.717, 1.165) is 0 Å². The average molecular weight is 401 g/mol. The second kappa shape index (κ2) is 9.37. The van der Waals surface area contributed by atoms with Crippen molar-refractivity contribution in [3.63, 3.8) is 0 Å². The van der Waals surface area contributed by atoms with Crippen LogP contribution in [0.5, 0.6) is 17.4 Å². The summed E-state index contributed by atoms with van der Waals surface area (Å²) in [6, 6.07) is 12.5. The molecular formula is C21H21ClN2O4. The Hall–Kier alpha value is -2.86. The topological polar surface area (TPSA) is 70.5 Å². The molecule has 0 saturated heterocycles. The zero-order chi connectivity index (χ0) is 19.9. The Labute approximate surface area is 168 Å². The second-order valence-corrected chi connectivity index (χ2v) is 6.62. The predicted molar refractivity (Wildman–Crippen MR) is 107 cm³/mol. The minimum absolute atomic E-state index is 0.102. The fourth-order valence-corrected chi connectivity index (χ4v) is 2.73. The molecule has 3 rings (SSSR count). The van der Waals surface area contributed by atoms with Crippen LogP contribution in [0.1, 0.15) is 26.7 Å². The molecule has 0 aliphatic heterocycles. The van der Waals surface area contributed by atoms with Crippen LogP contribution in [0.2, 0.25) is 5.02 Å². The first kappa shape index (κ1) is 19.9. The van der Waals surface area contributed by atoms with E-state index in [1.165, 1.54) is 0 Å². The summed E-state index contributed by atoms with van der Waals surface area (Å²) in [7, 11) is 0. The molecule has 3 aromatic rings. The first-order valence-electron chi connectivity index (χ1n) is 9.06. The van der Waals surface area contributed by atoms with Gasteiger partial charge in [-0.1, -0.05) is 11.6 Å². The van der Waals surface area contributed by atoms with Gasteiger partial charge in [-0.05, 0) is 62.7 Å². The van der Waals surface area contributed by atoms with E-state index >= 15 is 0 Å². The lowest BCUT2D eigenvalue weighted by atomic mass is 10.2. The average Bonchev–Trinajstić information content (AvgIpc) is 2.68. The van der Waals surface area contributed by atoms with Gasteiger partial charge >= 0.3 is 5.97 Å². The van der Waals surface area contributed by atoms with Crippen LogP contribution in [0.25, 0.3) is 11.0 Å². The molecule has 1 unspecified atom stereocenters. The second-order valence-electron chi connectivity index (χ2n) is 6.19. The highest BCUT2D eigenvalue weighted by Gasteiger charge is 2.09. The van der Waals surface area contributed by atoms with Gasteiger partial charge in [-0.3, -0.25) is 4.79 Å². The Morgan fingerprint density at radius 3 is 2.61 bits per heavy atom. The van der Waals surface area contributed by atoms with E-state index in [-0.39, 0.29) is 12.1 Å². The number of halogens is 1. The maximum absolute atomic E-state index is 11.4. The summed E-state index contributed by atoms with van der Waals surface area (Å²) in [5.41, 5.74) is 1.41. The number of nitrogens with zero attached hydrogens (tertiary/aromatic N) is 2. The van der Waals surface area contributed by atoms with Gasteiger partial charge < -0.3 is 14.2 Å². The summed E-state index contributed by atoms with van der Waals surface area (Å²) in [5.74, 6) is 1.50. The molecule has 0 amide bonds. The zero-order valence-corrected chi connectivity index (χ0v) is 16.5. The molecule has 0 spiro atoms. The number of esters is 1. The standard InChI is InChI=1S/C21H21ClN2O4/c1-3-26-21(25)11-4-14(2)27-16-6-8-17(9-7-16)28-20-13-23-19-12-15(22)5-10-18(19)24-20/h5-10,12-14H,3-4,11H2,1-2H3. The summed E-state index contributed by atoms with van der Waals surface area (Å²) >= 11 is 5.95. The number of aromatic nitrogens is 2. The van der Waals surface area contributed by atoms with Crippen molar-refractivity contribution in [3.05, 3.63) is 53.7 Å². The number of ether oxygens (including phenoxy) is 3. The predicted octanol–water partition coefficient (Wildman–Crippen LogP) is 5.19. The van der Waals surface area contributed by atoms with Gasteiger partial charge in [0.15, 0.2) is 0 Å².